The van der Waals surface area contributed by atoms with E-state index in [0.717, 1.165) is 12.1 Å². The SMILES string of the molecule is CCCN(Cc1cccn1C)C(=O)c1ccc(Cl)cc1Cl. The van der Waals surface area contributed by atoms with E-state index in [4.69, 9.17) is 23.2 Å². The van der Waals surface area contributed by atoms with Gasteiger partial charge in [0.15, 0.2) is 0 Å². The molecule has 1 amide bonds. The number of halogens is 2. The molecule has 0 aliphatic carbocycles. The van der Waals surface area contributed by atoms with Crippen LogP contribution in [0.3, 0.4) is 0 Å². The maximum absolute atomic E-state index is 12.7. The number of aromatic nitrogens is 1. The van der Waals surface area contributed by atoms with Crippen LogP contribution < -0.4 is 0 Å². The summed E-state index contributed by atoms with van der Waals surface area (Å²) in [6.07, 6.45) is 2.86. The Bertz CT molecular complexity index is 637. The van der Waals surface area contributed by atoms with Gasteiger partial charge in [-0.05, 0) is 36.8 Å². The van der Waals surface area contributed by atoms with Gasteiger partial charge >= 0.3 is 0 Å². The molecule has 0 N–H and O–H groups in total. The highest BCUT2D eigenvalue weighted by atomic mass is 35.5. The molecule has 0 aliphatic heterocycles. The molecule has 1 heterocycles. The molecule has 0 unspecified atom stereocenters. The molecule has 0 spiro atoms. The predicted molar refractivity (Wildman–Crippen MR) is 86.9 cm³/mol. The molecule has 5 heteroatoms. The minimum Gasteiger partial charge on any atom is -0.353 e. The minimum atomic E-state index is -0.0697. The summed E-state index contributed by atoms with van der Waals surface area (Å²) >= 11 is 12.0. The van der Waals surface area contributed by atoms with Crippen molar-refractivity contribution in [1.82, 2.24) is 9.47 Å². The summed E-state index contributed by atoms with van der Waals surface area (Å²) in [5.74, 6) is -0.0697. The Kier molecular flexibility index (Phi) is 5.32. The van der Waals surface area contributed by atoms with E-state index in [1.165, 1.54) is 0 Å². The molecule has 1 aromatic heterocycles. The number of carbonyl (C=O) groups is 1. The number of nitrogens with zero attached hydrogens (tertiary/aromatic N) is 2. The minimum absolute atomic E-state index is 0.0697. The first kappa shape index (κ1) is 15.9. The van der Waals surface area contributed by atoms with Crippen LogP contribution in [0.5, 0.6) is 0 Å². The average Bonchev–Trinajstić information content (AvgIpc) is 2.83. The predicted octanol–water partition coefficient (Wildman–Crippen LogP) is 4.38. The highest BCUT2D eigenvalue weighted by Crippen LogP contribution is 2.23. The lowest BCUT2D eigenvalue weighted by atomic mass is 10.2. The van der Waals surface area contributed by atoms with Gasteiger partial charge in [-0.3, -0.25) is 4.79 Å². The smallest absolute Gasteiger partial charge is 0.255 e. The van der Waals surface area contributed by atoms with Gasteiger partial charge in [-0.15, -0.1) is 0 Å². The Labute approximate surface area is 135 Å². The van der Waals surface area contributed by atoms with Gasteiger partial charge in [0.1, 0.15) is 0 Å². The third kappa shape index (κ3) is 3.80. The largest absolute Gasteiger partial charge is 0.353 e. The average molecular weight is 325 g/mol. The van der Waals surface area contributed by atoms with E-state index in [-0.39, 0.29) is 5.91 Å². The lowest BCUT2D eigenvalue weighted by molar-refractivity contribution is 0.0740. The molecule has 0 saturated heterocycles. The molecule has 0 atom stereocenters. The molecule has 21 heavy (non-hydrogen) atoms. The molecule has 2 rings (SSSR count). The fourth-order valence-electron chi connectivity index (χ4n) is 2.21. The summed E-state index contributed by atoms with van der Waals surface area (Å²) in [5, 5.41) is 0.918. The van der Waals surface area contributed by atoms with Crippen molar-refractivity contribution in [2.75, 3.05) is 6.54 Å². The highest BCUT2D eigenvalue weighted by molar-refractivity contribution is 6.36. The Hall–Kier alpha value is -1.45. The van der Waals surface area contributed by atoms with E-state index in [0.29, 0.717) is 28.7 Å². The second-order valence-corrected chi connectivity index (χ2v) is 5.80. The van der Waals surface area contributed by atoms with E-state index in [9.17, 15) is 4.79 Å². The standard InChI is InChI=1S/C16H18Cl2N2O/c1-3-8-20(11-13-5-4-9-19(13)2)16(21)14-7-6-12(17)10-15(14)18/h4-7,9-10H,3,8,11H2,1-2H3. The second kappa shape index (κ2) is 7.01. The van der Waals surface area contributed by atoms with E-state index in [1.807, 2.05) is 34.8 Å². The van der Waals surface area contributed by atoms with Crippen LogP contribution in [-0.4, -0.2) is 21.9 Å². The van der Waals surface area contributed by atoms with Crippen molar-refractivity contribution < 1.29 is 4.79 Å². The van der Waals surface area contributed by atoms with Crippen molar-refractivity contribution in [1.29, 1.82) is 0 Å². The van der Waals surface area contributed by atoms with Crippen LogP contribution in [-0.2, 0) is 13.6 Å². The van der Waals surface area contributed by atoms with Crippen molar-refractivity contribution in [3.63, 3.8) is 0 Å². The van der Waals surface area contributed by atoms with Crippen LogP contribution in [0.4, 0.5) is 0 Å². The molecule has 0 saturated carbocycles. The van der Waals surface area contributed by atoms with Crippen molar-refractivity contribution in [2.24, 2.45) is 7.05 Å². The molecule has 1 aromatic carbocycles. The number of hydrogen-bond donors (Lipinski definition) is 0. The Balaban J connectivity index is 2.25. The number of rotatable bonds is 5. The molecular weight excluding hydrogens is 307 g/mol. The number of aryl methyl sites for hydroxylation is 1. The summed E-state index contributed by atoms with van der Waals surface area (Å²) < 4.78 is 2.01. The zero-order valence-electron chi connectivity index (χ0n) is 12.1. The van der Waals surface area contributed by atoms with Gasteiger partial charge < -0.3 is 9.47 Å². The second-order valence-electron chi connectivity index (χ2n) is 4.96. The lowest BCUT2D eigenvalue weighted by Gasteiger charge is -2.23. The summed E-state index contributed by atoms with van der Waals surface area (Å²) in [5.41, 5.74) is 1.57. The van der Waals surface area contributed by atoms with E-state index in [2.05, 4.69) is 6.92 Å². The fraction of sp³-hybridized carbons (Fsp3) is 0.312. The number of amides is 1. The van der Waals surface area contributed by atoms with Gasteiger partial charge in [0, 0.05) is 30.5 Å². The fourth-order valence-corrected chi connectivity index (χ4v) is 2.70. The van der Waals surface area contributed by atoms with Gasteiger partial charge in [-0.2, -0.15) is 0 Å². The molecular formula is C16H18Cl2N2O. The molecule has 0 bridgehead atoms. The van der Waals surface area contributed by atoms with Gasteiger partial charge in [0.05, 0.1) is 17.1 Å². The van der Waals surface area contributed by atoms with Crippen molar-refractivity contribution in [2.45, 2.75) is 19.9 Å². The maximum atomic E-state index is 12.7. The molecule has 3 nitrogen and oxygen atoms in total. The van der Waals surface area contributed by atoms with Crippen LogP contribution in [0.1, 0.15) is 29.4 Å². The van der Waals surface area contributed by atoms with Gasteiger partial charge in [-0.1, -0.05) is 30.1 Å². The monoisotopic (exact) mass is 324 g/mol. The van der Waals surface area contributed by atoms with E-state index < -0.39 is 0 Å². The van der Waals surface area contributed by atoms with Crippen molar-refractivity contribution in [3.05, 3.63) is 57.8 Å². The topological polar surface area (TPSA) is 25.2 Å². The maximum Gasteiger partial charge on any atom is 0.255 e. The van der Waals surface area contributed by atoms with Crippen molar-refractivity contribution >= 4 is 29.1 Å². The molecule has 0 fully saturated rings. The highest BCUT2D eigenvalue weighted by Gasteiger charge is 2.19. The first-order chi connectivity index (χ1) is 10.0. The van der Waals surface area contributed by atoms with Gasteiger partial charge in [-0.25, -0.2) is 0 Å². The van der Waals surface area contributed by atoms with Crippen LogP contribution in [0.2, 0.25) is 10.0 Å². The lowest BCUT2D eigenvalue weighted by Crippen LogP contribution is -2.32. The van der Waals surface area contributed by atoms with Crippen LogP contribution in [0.25, 0.3) is 0 Å². The Morgan fingerprint density at radius 2 is 2.05 bits per heavy atom. The van der Waals surface area contributed by atoms with E-state index in [1.54, 1.807) is 18.2 Å². The summed E-state index contributed by atoms with van der Waals surface area (Å²) in [7, 11) is 1.97. The summed E-state index contributed by atoms with van der Waals surface area (Å²) in [6.45, 7) is 3.30. The summed E-state index contributed by atoms with van der Waals surface area (Å²) in [6, 6.07) is 8.95. The van der Waals surface area contributed by atoms with Crippen LogP contribution >= 0.6 is 23.2 Å². The number of carbonyl (C=O) groups excluding carboxylic acids is 1. The third-order valence-electron chi connectivity index (χ3n) is 3.35. The number of hydrogen-bond acceptors (Lipinski definition) is 1. The molecule has 112 valence electrons. The molecule has 0 radical (unpaired) electrons. The van der Waals surface area contributed by atoms with Crippen molar-refractivity contribution in [3.8, 4) is 0 Å². The zero-order valence-corrected chi connectivity index (χ0v) is 13.7. The van der Waals surface area contributed by atoms with Gasteiger partial charge in [0.25, 0.3) is 5.91 Å². The first-order valence-corrected chi connectivity index (χ1v) is 7.63. The first-order valence-electron chi connectivity index (χ1n) is 6.87. The van der Waals surface area contributed by atoms with Gasteiger partial charge in [0.2, 0.25) is 0 Å². The zero-order chi connectivity index (χ0) is 15.4. The Morgan fingerprint density at radius 1 is 1.29 bits per heavy atom. The third-order valence-corrected chi connectivity index (χ3v) is 3.89. The number of benzene rings is 1. The summed E-state index contributed by atoms with van der Waals surface area (Å²) in [4.78, 5) is 14.5. The van der Waals surface area contributed by atoms with Crippen LogP contribution in [0.15, 0.2) is 36.5 Å². The normalized spacial score (nSPS) is 10.7. The van der Waals surface area contributed by atoms with Crippen LogP contribution in [0, 0.1) is 0 Å². The Morgan fingerprint density at radius 3 is 2.62 bits per heavy atom. The quantitative estimate of drug-likeness (QED) is 0.801. The molecule has 0 aliphatic rings. The van der Waals surface area contributed by atoms with E-state index >= 15 is 0 Å². The molecule has 2 aromatic rings.